The Kier molecular flexibility index (Phi) is 11.3. The molecular formula is C49H44O10S2. The van der Waals surface area contributed by atoms with Gasteiger partial charge in [0.05, 0.1) is 12.0 Å². The lowest BCUT2D eigenvalue weighted by Crippen LogP contribution is -2.27. The molecule has 312 valence electrons. The Morgan fingerprint density at radius 2 is 1.02 bits per heavy atom. The molecule has 2 N–H and O–H groups in total. The van der Waals surface area contributed by atoms with Gasteiger partial charge in [0.25, 0.3) is 0 Å². The second kappa shape index (κ2) is 16.4. The molecule has 2 aliphatic rings. The maximum Gasteiger partial charge on any atom is 0.357 e. The molecule has 2 unspecified atom stereocenters. The van der Waals surface area contributed by atoms with Crippen LogP contribution in [0.25, 0.3) is 0 Å². The van der Waals surface area contributed by atoms with E-state index in [9.17, 15) is 18.4 Å². The van der Waals surface area contributed by atoms with Gasteiger partial charge in [0.15, 0.2) is 11.6 Å². The molecule has 0 bridgehead atoms. The lowest BCUT2D eigenvalue weighted by Gasteiger charge is -2.30. The standard InChI is InChI=1S/C49H44O10S2/c1-29-7-9-33(23-43(29)57-61(53)54)45(50)31-11-15-35(16-12-31)55-37-19-21-39-41(25-37)49(27-47(39,3)4)28-48(5,6)40-22-20-38(26-42(40)49)56-36-17-13-32(14-18-36)46(51)34-10-8-30(2)44(24-34)60-59-58-52/h7-26,52H,27-28H2,1-6H3,(H,53,54). The highest BCUT2D eigenvalue weighted by Crippen LogP contribution is 2.63. The number of ketones is 2. The number of hydrogen-bond donors (Lipinski definition) is 2. The summed E-state index contributed by atoms with van der Waals surface area (Å²) < 4.78 is 42.9. The van der Waals surface area contributed by atoms with Crippen molar-refractivity contribution in [2.45, 2.75) is 75.5 Å². The fraction of sp³-hybridized carbons (Fsp3) is 0.224. The van der Waals surface area contributed by atoms with Crippen molar-refractivity contribution in [3.8, 4) is 28.7 Å². The van der Waals surface area contributed by atoms with Gasteiger partial charge in [0.2, 0.25) is 0 Å². The molecule has 2 aliphatic carbocycles. The van der Waals surface area contributed by atoms with E-state index in [1.807, 2.05) is 25.1 Å². The topological polar surface area (TPSA) is 138 Å². The van der Waals surface area contributed by atoms with Gasteiger partial charge in [-0.05, 0) is 156 Å². The van der Waals surface area contributed by atoms with E-state index in [0.29, 0.717) is 55.7 Å². The van der Waals surface area contributed by atoms with Crippen LogP contribution in [0.5, 0.6) is 28.7 Å². The Labute approximate surface area is 361 Å². The highest BCUT2D eigenvalue weighted by atomic mass is 32.2. The minimum absolute atomic E-state index is 0.113. The van der Waals surface area contributed by atoms with Crippen LogP contribution in [0.4, 0.5) is 0 Å². The first-order chi connectivity index (χ1) is 29.1. The Morgan fingerprint density at radius 1 is 0.574 bits per heavy atom. The van der Waals surface area contributed by atoms with Crippen molar-refractivity contribution in [2.24, 2.45) is 0 Å². The zero-order valence-electron chi connectivity index (χ0n) is 34.4. The summed E-state index contributed by atoms with van der Waals surface area (Å²) in [5, 5.41) is 12.3. The highest BCUT2D eigenvalue weighted by Gasteiger charge is 2.56. The molecule has 0 fully saturated rings. The fourth-order valence-electron chi connectivity index (χ4n) is 9.18. The average molecular weight is 857 g/mol. The van der Waals surface area contributed by atoms with E-state index in [0.717, 1.165) is 30.4 Å². The first-order valence-corrected chi connectivity index (χ1v) is 21.4. The van der Waals surface area contributed by atoms with Crippen LogP contribution in [0.1, 0.15) is 106 Å². The molecule has 0 saturated heterocycles. The number of carbonyl (C=O) groups excluding carboxylic acids is 2. The Balaban J connectivity index is 1.04. The van der Waals surface area contributed by atoms with Gasteiger partial charge in [-0.2, -0.15) is 4.21 Å². The zero-order chi connectivity index (χ0) is 43.3. The lowest BCUT2D eigenvalue weighted by molar-refractivity contribution is -0.432. The summed E-state index contributed by atoms with van der Waals surface area (Å²) in [6.07, 6.45) is 1.81. The summed E-state index contributed by atoms with van der Waals surface area (Å²) in [6, 6.07) is 36.8. The quantitative estimate of drug-likeness (QED) is 0.0377. The molecule has 0 radical (unpaired) electrons. The molecule has 6 aromatic carbocycles. The average Bonchev–Trinajstić information content (AvgIpc) is 3.59. The van der Waals surface area contributed by atoms with E-state index in [2.05, 4.69) is 61.3 Å². The highest BCUT2D eigenvalue weighted by molar-refractivity contribution is 7.94. The van der Waals surface area contributed by atoms with Crippen molar-refractivity contribution in [2.75, 3.05) is 0 Å². The number of rotatable bonds is 13. The third-order valence-corrected chi connectivity index (χ3v) is 12.9. The van der Waals surface area contributed by atoms with Gasteiger partial charge >= 0.3 is 11.4 Å². The molecule has 0 aromatic heterocycles. The predicted octanol–water partition coefficient (Wildman–Crippen LogP) is 11.9. The molecule has 8 rings (SSSR count). The van der Waals surface area contributed by atoms with Gasteiger partial charge in [-0.15, -0.1) is 4.33 Å². The van der Waals surface area contributed by atoms with Crippen LogP contribution in [0.15, 0.2) is 126 Å². The summed E-state index contributed by atoms with van der Waals surface area (Å²) >= 11 is -1.69. The van der Waals surface area contributed by atoms with E-state index >= 15 is 0 Å². The molecule has 0 aliphatic heterocycles. The van der Waals surface area contributed by atoms with Crippen LogP contribution in [0.2, 0.25) is 0 Å². The third kappa shape index (κ3) is 8.27. The minimum atomic E-state index is -2.51. The Bertz CT molecular complexity index is 2700. The SMILES string of the molecule is Cc1ccc(C(=O)c2ccc(Oc3ccc4c(c3)C3(CC4(C)C)CC(C)(C)c4ccc(Oc5ccc(C(=O)c6ccc(C)c(SOOO)c6)cc5)cc43)cc2)cc1OS(=O)O. The van der Waals surface area contributed by atoms with E-state index in [1.165, 1.54) is 28.3 Å². The first-order valence-electron chi connectivity index (χ1n) is 19.7. The van der Waals surface area contributed by atoms with E-state index in [4.69, 9.17) is 18.9 Å². The maximum atomic E-state index is 13.4. The molecule has 10 nitrogen and oxygen atoms in total. The van der Waals surface area contributed by atoms with E-state index in [1.54, 1.807) is 79.7 Å². The number of hydrogen-bond acceptors (Lipinski definition) is 10. The zero-order valence-corrected chi connectivity index (χ0v) is 36.1. The Morgan fingerprint density at radius 3 is 1.49 bits per heavy atom. The second-order valence-electron chi connectivity index (χ2n) is 17.0. The van der Waals surface area contributed by atoms with Gasteiger partial charge in [-0.1, -0.05) is 69.1 Å². The van der Waals surface area contributed by atoms with Crippen molar-refractivity contribution < 1.29 is 46.6 Å². The van der Waals surface area contributed by atoms with Crippen molar-refractivity contribution >= 4 is 35.0 Å². The normalized spacial score (nSPS) is 17.4. The number of carbonyl (C=O) groups is 2. The smallest absolute Gasteiger partial charge is 0.357 e. The summed E-state index contributed by atoms with van der Waals surface area (Å²) in [7, 11) is 0. The van der Waals surface area contributed by atoms with Crippen LogP contribution < -0.4 is 13.7 Å². The van der Waals surface area contributed by atoms with E-state index < -0.39 is 11.4 Å². The molecule has 2 atom stereocenters. The molecule has 0 amide bonds. The molecule has 12 heteroatoms. The van der Waals surface area contributed by atoms with Gasteiger partial charge in [0, 0.05) is 32.6 Å². The summed E-state index contributed by atoms with van der Waals surface area (Å²) in [6.45, 7) is 12.8. The monoisotopic (exact) mass is 856 g/mol. The number of fused-ring (bicyclic) bond motifs is 4. The Hall–Kier alpha value is -5.60. The number of aryl methyl sites for hydroxylation is 2. The number of ether oxygens (including phenoxy) is 2. The predicted molar refractivity (Wildman–Crippen MR) is 233 cm³/mol. The minimum Gasteiger partial charge on any atom is -0.457 e. The van der Waals surface area contributed by atoms with Crippen LogP contribution in [0.3, 0.4) is 0 Å². The van der Waals surface area contributed by atoms with Crippen LogP contribution in [-0.4, -0.2) is 25.6 Å². The molecule has 61 heavy (non-hydrogen) atoms. The second-order valence-corrected chi connectivity index (χ2v) is 18.4. The van der Waals surface area contributed by atoms with Crippen LogP contribution in [0, 0.1) is 13.8 Å². The first kappa shape index (κ1) is 42.1. The van der Waals surface area contributed by atoms with Crippen LogP contribution >= 0.6 is 12.0 Å². The summed E-state index contributed by atoms with van der Waals surface area (Å²) in [5.74, 6) is 2.31. The van der Waals surface area contributed by atoms with Crippen molar-refractivity contribution in [3.63, 3.8) is 0 Å². The van der Waals surface area contributed by atoms with Crippen LogP contribution in [-0.2, 0) is 37.0 Å². The summed E-state index contributed by atoms with van der Waals surface area (Å²) in [4.78, 5) is 27.4. The van der Waals surface area contributed by atoms with Gasteiger partial charge in [0.1, 0.15) is 28.7 Å². The molecule has 1 spiro atoms. The molecular weight excluding hydrogens is 813 g/mol. The fourth-order valence-corrected chi connectivity index (χ4v) is 9.99. The number of benzene rings is 6. The van der Waals surface area contributed by atoms with Gasteiger partial charge in [-0.3, -0.25) is 14.1 Å². The maximum absolute atomic E-state index is 13.4. The lowest BCUT2D eigenvalue weighted by atomic mass is 9.72. The van der Waals surface area contributed by atoms with Gasteiger partial charge in [-0.25, -0.2) is 5.26 Å². The van der Waals surface area contributed by atoms with Crippen molar-refractivity contribution in [1.82, 2.24) is 0 Å². The molecule has 0 saturated carbocycles. The third-order valence-electron chi connectivity index (χ3n) is 11.9. The van der Waals surface area contributed by atoms with E-state index in [-0.39, 0.29) is 33.6 Å². The largest absolute Gasteiger partial charge is 0.457 e. The molecule has 0 heterocycles. The summed E-state index contributed by atoms with van der Waals surface area (Å²) in [5.41, 5.74) is 7.72. The molecule has 6 aromatic rings. The van der Waals surface area contributed by atoms with Crippen molar-refractivity contribution in [1.29, 1.82) is 0 Å². The van der Waals surface area contributed by atoms with Gasteiger partial charge < -0.3 is 13.7 Å². The van der Waals surface area contributed by atoms with Crippen molar-refractivity contribution in [3.05, 3.63) is 177 Å².